The van der Waals surface area contributed by atoms with E-state index in [2.05, 4.69) is 4.98 Å². The summed E-state index contributed by atoms with van der Waals surface area (Å²) >= 11 is 1.30. The van der Waals surface area contributed by atoms with Crippen LogP contribution in [0.4, 0.5) is 0 Å². The number of benzene rings is 1. The maximum atomic E-state index is 11.8. The molecule has 110 valence electrons. The van der Waals surface area contributed by atoms with E-state index in [4.69, 9.17) is 14.2 Å². The number of thiazole rings is 1. The second-order valence-corrected chi connectivity index (χ2v) is 5.58. The highest BCUT2D eigenvalue weighted by Crippen LogP contribution is 2.37. The van der Waals surface area contributed by atoms with Gasteiger partial charge >= 0.3 is 5.97 Å². The molecule has 0 saturated heterocycles. The molecule has 0 saturated carbocycles. The fraction of sp³-hybridized carbons (Fsp3) is 0.333. The van der Waals surface area contributed by atoms with Gasteiger partial charge in [-0.15, -0.1) is 11.3 Å². The third-order valence-corrected chi connectivity index (χ3v) is 4.29. The van der Waals surface area contributed by atoms with Crippen molar-refractivity contribution in [1.29, 1.82) is 0 Å². The minimum atomic E-state index is -0.337. The van der Waals surface area contributed by atoms with Gasteiger partial charge in [0.2, 0.25) is 0 Å². The highest BCUT2D eigenvalue weighted by atomic mass is 32.1. The van der Waals surface area contributed by atoms with E-state index in [1.807, 2.05) is 24.3 Å². The van der Waals surface area contributed by atoms with Gasteiger partial charge in [0.05, 0.1) is 12.3 Å². The highest BCUT2D eigenvalue weighted by Gasteiger charge is 2.27. The zero-order chi connectivity index (χ0) is 14.8. The van der Waals surface area contributed by atoms with Crippen LogP contribution >= 0.6 is 11.3 Å². The lowest BCUT2D eigenvalue weighted by Crippen LogP contribution is -2.21. The number of para-hydroxylation sites is 2. The van der Waals surface area contributed by atoms with Crippen molar-refractivity contribution in [3.63, 3.8) is 0 Å². The number of rotatable bonds is 3. The molecular formula is C15H15NO4S. The van der Waals surface area contributed by atoms with Crippen LogP contribution in [-0.2, 0) is 4.74 Å². The molecule has 1 aliphatic heterocycles. The molecule has 1 aromatic heterocycles. The average molecular weight is 305 g/mol. The normalized spacial score (nSPS) is 16.6. The number of fused-ring (bicyclic) bond motifs is 1. The number of nitrogens with zero attached hydrogens (tertiary/aromatic N) is 1. The van der Waals surface area contributed by atoms with Crippen LogP contribution in [0, 0.1) is 6.92 Å². The van der Waals surface area contributed by atoms with Gasteiger partial charge in [-0.25, -0.2) is 9.78 Å². The van der Waals surface area contributed by atoms with Gasteiger partial charge < -0.3 is 14.2 Å². The van der Waals surface area contributed by atoms with Crippen LogP contribution in [0.3, 0.4) is 0 Å². The van der Waals surface area contributed by atoms with E-state index in [9.17, 15) is 4.79 Å². The van der Waals surface area contributed by atoms with Crippen molar-refractivity contribution in [2.75, 3.05) is 13.2 Å². The smallest absolute Gasteiger partial charge is 0.350 e. The van der Waals surface area contributed by atoms with Crippen molar-refractivity contribution in [3.8, 4) is 11.5 Å². The third kappa shape index (κ3) is 2.71. The molecule has 6 heteroatoms. The minimum Gasteiger partial charge on any atom is -0.485 e. The lowest BCUT2D eigenvalue weighted by molar-refractivity contribution is 0.0531. The third-order valence-electron chi connectivity index (χ3n) is 3.06. The standard InChI is InChI=1S/C15H15NO4S/c1-3-18-15(17)13-9(2)16-14(21-13)12-8-19-10-6-4-5-7-11(10)20-12/h4-7,12H,3,8H2,1-2H3/t12-/m0/s1. The van der Waals surface area contributed by atoms with Crippen LogP contribution in [0.25, 0.3) is 0 Å². The average Bonchev–Trinajstić information content (AvgIpc) is 2.89. The van der Waals surface area contributed by atoms with E-state index < -0.39 is 0 Å². The molecule has 0 aliphatic carbocycles. The first-order chi connectivity index (χ1) is 10.2. The first kappa shape index (κ1) is 13.9. The Morgan fingerprint density at radius 2 is 2.19 bits per heavy atom. The van der Waals surface area contributed by atoms with Gasteiger partial charge in [0.25, 0.3) is 0 Å². The van der Waals surface area contributed by atoms with Crippen LogP contribution in [-0.4, -0.2) is 24.2 Å². The van der Waals surface area contributed by atoms with E-state index >= 15 is 0 Å². The molecule has 1 aromatic carbocycles. The number of carbonyl (C=O) groups excluding carboxylic acids is 1. The molecular weight excluding hydrogens is 290 g/mol. The van der Waals surface area contributed by atoms with Crippen molar-refractivity contribution in [2.45, 2.75) is 20.0 Å². The molecule has 0 unspecified atom stereocenters. The first-order valence-electron chi connectivity index (χ1n) is 6.72. The van der Waals surface area contributed by atoms with E-state index in [0.717, 1.165) is 10.8 Å². The minimum absolute atomic E-state index is 0.299. The maximum Gasteiger partial charge on any atom is 0.350 e. The number of esters is 1. The molecule has 0 fully saturated rings. The van der Waals surface area contributed by atoms with Gasteiger partial charge in [0.15, 0.2) is 17.6 Å². The molecule has 0 amide bonds. The van der Waals surface area contributed by atoms with Gasteiger partial charge in [-0.3, -0.25) is 0 Å². The lowest BCUT2D eigenvalue weighted by Gasteiger charge is -2.24. The van der Waals surface area contributed by atoms with Gasteiger partial charge in [-0.2, -0.15) is 0 Å². The summed E-state index contributed by atoms with van der Waals surface area (Å²) in [5.74, 6) is 1.09. The molecule has 5 nitrogen and oxygen atoms in total. The second kappa shape index (κ2) is 5.73. The predicted octanol–water partition coefficient (Wildman–Crippen LogP) is 3.14. The van der Waals surface area contributed by atoms with Gasteiger partial charge in [-0.05, 0) is 26.0 Å². The van der Waals surface area contributed by atoms with Gasteiger partial charge in [0, 0.05) is 0 Å². The zero-order valence-electron chi connectivity index (χ0n) is 11.8. The Bertz CT molecular complexity index is 667. The second-order valence-electron chi connectivity index (χ2n) is 4.55. The Kier molecular flexibility index (Phi) is 3.79. The van der Waals surface area contributed by atoms with E-state index in [1.165, 1.54) is 11.3 Å². The fourth-order valence-corrected chi connectivity index (χ4v) is 3.06. The van der Waals surface area contributed by atoms with Crippen molar-refractivity contribution in [1.82, 2.24) is 4.98 Å². The summed E-state index contributed by atoms with van der Waals surface area (Å²) in [7, 11) is 0. The fourth-order valence-electron chi connectivity index (χ4n) is 2.08. The summed E-state index contributed by atoms with van der Waals surface area (Å²) in [6.07, 6.45) is -0.299. The summed E-state index contributed by atoms with van der Waals surface area (Å²) in [5, 5.41) is 0.727. The Labute approximate surface area is 126 Å². The van der Waals surface area contributed by atoms with Crippen molar-refractivity contribution in [3.05, 3.63) is 39.8 Å². The van der Waals surface area contributed by atoms with Crippen molar-refractivity contribution < 1.29 is 19.0 Å². The molecule has 0 radical (unpaired) electrons. The lowest BCUT2D eigenvalue weighted by atomic mass is 10.2. The number of aromatic nitrogens is 1. The molecule has 21 heavy (non-hydrogen) atoms. The summed E-state index contributed by atoms with van der Waals surface area (Å²) in [6, 6.07) is 7.51. The first-order valence-corrected chi connectivity index (χ1v) is 7.53. The maximum absolute atomic E-state index is 11.8. The number of hydrogen-bond donors (Lipinski definition) is 0. The Balaban J connectivity index is 1.83. The molecule has 1 atom stereocenters. The zero-order valence-corrected chi connectivity index (χ0v) is 12.6. The predicted molar refractivity (Wildman–Crippen MR) is 78.1 cm³/mol. The molecule has 2 aromatic rings. The monoisotopic (exact) mass is 305 g/mol. The van der Waals surface area contributed by atoms with E-state index in [-0.39, 0.29) is 12.1 Å². The number of hydrogen-bond acceptors (Lipinski definition) is 6. The molecule has 2 heterocycles. The summed E-state index contributed by atoms with van der Waals surface area (Å²) in [5.41, 5.74) is 0.663. The molecule has 0 bridgehead atoms. The summed E-state index contributed by atoms with van der Waals surface area (Å²) in [4.78, 5) is 16.8. The summed E-state index contributed by atoms with van der Waals surface area (Å²) in [6.45, 7) is 4.31. The molecule has 3 rings (SSSR count). The van der Waals surface area contributed by atoms with Crippen LogP contribution in [0.2, 0.25) is 0 Å². The van der Waals surface area contributed by atoms with Crippen LogP contribution in [0.15, 0.2) is 24.3 Å². The van der Waals surface area contributed by atoms with E-state index in [0.29, 0.717) is 29.5 Å². The summed E-state index contributed by atoms with van der Waals surface area (Å²) < 4.78 is 16.6. The van der Waals surface area contributed by atoms with Crippen molar-refractivity contribution >= 4 is 17.3 Å². The van der Waals surface area contributed by atoms with Gasteiger partial charge in [-0.1, -0.05) is 12.1 Å². The van der Waals surface area contributed by atoms with Gasteiger partial charge in [0.1, 0.15) is 16.5 Å². The Hall–Kier alpha value is -2.08. The molecule has 0 N–H and O–H groups in total. The Morgan fingerprint density at radius 3 is 2.95 bits per heavy atom. The number of ether oxygens (including phenoxy) is 3. The molecule has 1 aliphatic rings. The van der Waals surface area contributed by atoms with E-state index in [1.54, 1.807) is 13.8 Å². The van der Waals surface area contributed by atoms with Crippen LogP contribution in [0.5, 0.6) is 11.5 Å². The quantitative estimate of drug-likeness (QED) is 0.815. The highest BCUT2D eigenvalue weighted by molar-refractivity contribution is 7.13. The SMILES string of the molecule is CCOC(=O)c1sc([C@@H]2COc3ccccc3O2)nc1C. The topological polar surface area (TPSA) is 57.7 Å². The Morgan fingerprint density at radius 1 is 1.43 bits per heavy atom. The van der Waals surface area contributed by atoms with Crippen molar-refractivity contribution in [2.24, 2.45) is 0 Å². The van der Waals surface area contributed by atoms with Crippen LogP contribution < -0.4 is 9.47 Å². The number of aryl methyl sites for hydroxylation is 1. The van der Waals surface area contributed by atoms with Crippen LogP contribution in [0.1, 0.15) is 33.4 Å². The number of carbonyl (C=O) groups is 1. The largest absolute Gasteiger partial charge is 0.485 e. The molecule has 0 spiro atoms.